The summed E-state index contributed by atoms with van der Waals surface area (Å²) in [6.45, 7) is 5.88. The van der Waals surface area contributed by atoms with Crippen molar-refractivity contribution in [1.29, 1.82) is 0 Å². The Balaban J connectivity index is 1.59. The minimum atomic E-state index is -0.409. The van der Waals surface area contributed by atoms with Gasteiger partial charge in [0.15, 0.2) is 6.61 Å². The molecule has 0 saturated carbocycles. The van der Waals surface area contributed by atoms with E-state index in [1.54, 1.807) is 13.0 Å². The highest BCUT2D eigenvalue weighted by atomic mass is 32.1. The van der Waals surface area contributed by atoms with Crippen LogP contribution >= 0.6 is 11.3 Å². The number of nitrogens with one attached hydrogen (secondary N) is 1. The molecule has 2 aliphatic rings. The molecule has 0 fully saturated rings. The highest BCUT2D eigenvalue weighted by molar-refractivity contribution is 7.17. The number of fused-ring (bicyclic) bond motifs is 2. The normalized spacial score (nSPS) is 17.5. The van der Waals surface area contributed by atoms with Crippen molar-refractivity contribution in [1.82, 2.24) is 0 Å². The van der Waals surface area contributed by atoms with E-state index in [4.69, 9.17) is 9.47 Å². The van der Waals surface area contributed by atoms with Crippen LogP contribution in [0.15, 0.2) is 18.2 Å². The predicted octanol–water partition coefficient (Wildman–Crippen LogP) is 3.72. The number of hydrogen-bond donors (Lipinski definition) is 1. The topological polar surface area (TPSA) is 84.9 Å². The molecule has 1 N–H and O–H groups in total. The van der Waals surface area contributed by atoms with Crippen LogP contribution in [0.5, 0.6) is 5.75 Å². The molecule has 2 aromatic rings. The van der Waals surface area contributed by atoms with Crippen LogP contribution in [-0.2, 0) is 27.2 Å². The van der Waals surface area contributed by atoms with Gasteiger partial charge < -0.3 is 14.8 Å². The summed E-state index contributed by atoms with van der Waals surface area (Å²) in [5.41, 5.74) is 3.00. The van der Waals surface area contributed by atoms with E-state index in [0.717, 1.165) is 35.3 Å². The summed E-state index contributed by atoms with van der Waals surface area (Å²) in [6.07, 6.45) is 2.68. The molecule has 0 spiro atoms. The Kier molecular flexibility index (Phi) is 6.00. The first kappa shape index (κ1) is 21.4. The Morgan fingerprint density at radius 2 is 2.16 bits per heavy atom. The van der Waals surface area contributed by atoms with E-state index < -0.39 is 5.97 Å². The molecule has 1 aromatic heterocycles. The Morgan fingerprint density at radius 1 is 1.35 bits per heavy atom. The van der Waals surface area contributed by atoms with Crippen LogP contribution in [0.2, 0.25) is 0 Å². The molecule has 0 bridgehead atoms. The minimum Gasteiger partial charge on any atom is -0.482 e. The maximum atomic E-state index is 12.9. The van der Waals surface area contributed by atoms with E-state index in [2.05, 4.69) is 12.2 Å². The molecule has 1 aromatic carbocycles. The summed E-state index contributed by atoms with van der Waals surface area (Å²) in [5, 5.41) is 3.39. The van der Waals surface area contributed by atoms with Gasteiger partial charge in [-0.15, -0.1) is 11.3 Å². The van der Waals surface area contributed by atoms with Gasteiger partial charge in [0.05, 0.1) is 17.9 Å². The third kappa shape index (κ3) is 4.30. The summed E-state index contributed by atoms with van der Waals surface area (Å²) in [7, 11) is 0. The summed E-state index contributed by atoms with van der Waals surface area (Å²) in [6, 6.07) is 5.53. The lowest BCUT2D eigenvalue weighted by molar-refractivity contribution is -0.123. The summed E-state index contributed by atoms with van der Waals surface area (Å²) < 4.78 is 10.7. The minimum absolute atomic E-state index is 0.109. The van der Waals surface area contributed by atoms with Crippen LogP contribution < -0.4 is 15.0 Å². The molecule has 1 aliphatic carbocycles. The van der Waals surface area contributed by atoms with Crippen LogP contribution in [-0.4, -0.2) is 37.5 Å². The Morgan fingerprint density at radius 3 is 2.94 bits per heavy atom. The fourth-order valence-electron chi connectivity index (χ4n) is 4.05. The number of hydrogen-bond acceptors (Lipinski definition) is 6. The summed E-state index contributed by atoms with van der Waals surface area (Å²) in [5.74, 6) is 0.0626. The fraction of sp³-hybridized carbons (Fsp3) is 0.435. The SMILES string of the molecule is CCOC(=O)c1c(NC(=O)CN2C(=O)COc3ccc(C)cc32)sc2c1CCC(C)C2. The van der Waals surface area contributed by atoms with Gasteiger partial charge in [-0.1, -0.05) is 13.0 Å². The number of carbonyl (C=O) groups is 3. The second-order valence-electron chi connectivity index (χ2n) is 8.06. The number of esters is 1. The van der Waals surface area contributed by atoms with Gasteiger partial charge in [-0.3, -0.25) is 14.5 Å². The van der Waals surface area contributed by atoms with Crippen molar-refractivity contribution in [2.24, 2.45) is 5.92 Å². The number of nitrogens with zero attached hydrogens (tertiary/aromatic N) is 1. The van der Waals surface area contributed by atoms with Crippen LogP contribution in [0.3, 0.4) is 0 Å². The highest BCUT2D eigenvalue weighted by Crippen LogP contribution is 2.40. The Hall–Kier alpha value is -2.87. The van der Waals surface area contributed by atoms with Crippen molar-refractivity contribution in [2.75, 3.05) is 30.0 Å². The monoisotopic (exact) mass is 442 g/mol. The van der Waals surface area contributed by atoms with Gasteiger partial charge in [0.2, 0.25) is 5.91 Å². The standard InChI is InChI=1S/C23H26N2O5S/c1-4-29-23(28)21-15-7-5-14(3)10-18(15)31-22(21)24-19(26)11-25-16-9-13(2)6-8-17(16)30-12-20(25)27/h6,8-9,14H,4-5,7,10-12H2,1-3H3,(H,24,26). The van der Waals surface area contributed by atoms with Crippen molar-refractivity contribution in [3.63, 3.8) is 0 Å². The first-order valence-electron chi connectivity index (χ1n) is 10.5. The van der Waals surface area contributed by atoms with Gasteiger partial charge in [0.1, 0.15) is 17.3 Å². The van der Waals surface area contributed by atoms with Gasteiger partial charge in [-0.05, 0) is 62.3 Å². The maximum absolute atomic E-state index is 12.9. The van der Waals surface area contributed by atoms with Crippen LogP contribution in [0.25, 0.3) is 0 Å². The molecule has 31 heavy (non-hydrogen) atoms. The second-order valence-corrected chi connectivity index (χ2v) is 9.17. The molecule has 8 heteroatoms. The lowest BCUT2D eigenvalue weighted by Crippen LogP contribution is -2.43. The van der Waals surface area contributed by atoms with Crippen molar-refractivity contribution in [3.05, 3.63) is 39.8 Å². The number of rotatable bonds is 5. The van der Waals surface area contributed by atoms with Crippen LogP contribution in [0.1, 0.15) is 46.6 Å². The zero-order chi connectivity index (χ0) is 22.1. The fourth-order valence-corrected chi connectivity index (χ4v) is 5.47. The molecule has 4 rings (SSSR count). The molecular formula is C23H26N2O5S. The third-order valence-corrected chi connectivity index (χ3v) is 6.77. The van der Waals surface area contributed by atoms with Crippen molar-refractivity contribution in [3.8, 4) is 5.75 Å². The number of carbonyl (C=O) groups excluding carboxylic acids is 3. The van der Waals surface area contributed by atoms with Crippen molar-refractivity contribution >= 4 is 39.8 Å². The van der Waals surface area contributed by atoms with Gasteiger partial charge in [-0.2, -0.15) is 0 Å². The first-order valence-corrected chi connectivity index (χ1v) is 11.3. The molecule has 0 saturated heterocycles. The lowest BCUT2D eigenvalue weighted by atomic mass is 9.88. The molecule has 1 aliphatic heterocycles. The molecule has 1 atom stereocenters. The van der Waals surface area contributed by atoms with E-state index in [-0.39, 0.29) is 31.6 Å². The zero-order valence-electron chi connectivity index (χ0n) is 17.9. The zero-order valence-corrected chi connectivity index (χ0v) is 18.8. The third-order valence-electron chi connectivity index (χ3n) is 5.60. The number of amides is 2. The Bertz CT molecular complexity index is 1040. The largest absolute Gasteiger partial charge is 0.482 e. The molecule has 1 unspecified atom stereocenters. The predicted molar refractivity (Wildman–Crippen MR) is 119 cm³/mol. The second kappa shape index (κ2) is 8.70. The van der Waals surface area contributed by atoms with Crippen LogP contribution in [0.4, 0.5) is 10.7 Å². The van der Waals surface area contributed by atoms with Crippen molar-refractivity contribution in [2.45, 2.75) is 40.0 Å². The highest BCUT2D eigenvalue weighted by Gasteiger charge is 2.31. The number of thiophene rings is 1. The van der Waals surface area contributed by atoms with Gasteiger partial charge in [0, 0.05) is 4.88 Å². The van der Waals surface area contributed by atoms with Gasteiger partial charge in [-0.25, -0.2) is 4.79 Å². The average Bonchev–Trinajstić information content (AvgIpc) is 3.07. The van der Waals surface area contributed by atoms with E-state index in [1.165, 1.54) is 16.2 Å². The van der Waals surface area contributed by atoms with Crippen LogP contribution in [0, 0.1) is 12.8 Å². The molecule has 2 heterocycles. The smallest absolute Gasteiger partial charge is 0.341 e. The van der Waals surface area contributed by atoms with Gasteiger partial charge in [0.25, 0.3) is 5.91 Å². The van der Waals surface area contributed by atoms with E-state index in [0.29, 0.717) is 27.9 Å². The van der Waals surface area contributed by atoms with E-state index in [9.17, 15) is 14.4 Å². The molecule has 0 radical (unpaired) electrons. The summed E-state index contributed by atoms with van der Waals surface area (Å²) >= 11 is 1.44. The van der Waals surface area contributed by atoms with E-state index in [1.807, 2.05) is 19.1 Å². The summed E-state index contributed by atoms with van der Waals surface area (Å²) in [4.78, 5) is 40.6. The molecule has 7 nitrogen and oxygen atoms in total. The first-order chi connectivity index (χ1) is 14.9. The number of aryl methyl sites for hydroxylation is 1. The van der Waals surface area contributed by atoms with Gasteiger partial charge >= 0.3 is 5.97 Å². The maximum Gasteiger partial charge on any atom is 0.341 e. The Labute approximate surface area is 185 Å². The van der Waals surface area contributed by atoms with E-state index >= 15 is 0 Å². The number of anilines is 2. The molecular weight excluding hydrogens is 416 g/mol. The quantitative estimate of drug-likeness (QED) is 0.714. The number of benzene rings is 1. The molecule has 164 valence electrons. The lowest BCUT2D eigenvalue weighted by Gasteiger charge is -2.29. The van der Waals surface area contributed by atoms with Crippen molar-refractivity contribution < 1.29 is 23.9 Å². The number of ether oxygens (including phenoxy) is 2. The molecule has 2 amide bonds. The average molecular weight is 443 g/mol.